The van der Waals surface area contributed by atoms with E-state index in [2.05, 4.69) is 10.1 Å². The number of fused-ring (bicyclic) bond motifs is 1. The third kappa shape index (κ3) is 4.08. The fraction of sp³-hybridized carbons (Fsp3) is 0.346. The Hall–Kier alpha value is -4.21. The summed E-state index contributed by atoms with van der Waals surface area (Å²) in [7, 11) is 1.48. The summed E-state index contributed by atoms with van der Waals surface area (Å²) in [4.78, 5) is 46.5. The van der Waals surface area contributed by atoms with Crippen LogP contribution < -0.4 is 14.5 Å². The normalized spacial score (nSPS) is 15.6. The van der Waals surface area contributed by atoms with Crippen molar-refractivity contribution in [3.05, 3.63) is 59.5 Å². The predicted octanol–water partition coefficient (Wildman–Crippen LogP) is 3.17. The molecule has 4 heterocycles. The number of piperidine rings is 1. The molecule has 0 spiro atoms. The molecule has 0 saturated carbocycles. The highest BCUT2D eigenvalue weighted by atomic mass is 16.5. The zero-order chi connectivity index (χ0) is 25.2. The van der Waals surface area contributed by atoms with Crippen molar-refractivity contribution in [2.24, 2.45) is 0 Å². The van der Waals surface area contributed by atoms with Gasteiger partial charge in [0.2, 0.25) is 11.8 Å². The summed E-state index contributed by atoms with van der Waals surface area (Å²) in [6, 6.07) is 10.9. The van der Waals surface area contributed by atoms with Gasteiger partial charge in [0.1, 0.15) is 11.4 Å². The average Bonchev–Trinajstić information content (AvgIpc) is 3.30. The van der Waals surface area contributed by atoms with Crippen molar-refractivity contribution in [3.63, 3.8) is 0 Å². The predicted molar refractivity (Wildman–Crippen MR) is 132 cm³/mol. The Morgan fingerprint density at radius 2 is 1.75 bits per heavy atom. The van der Waals surface area contributed by atoms with Crippen molar-refractivity contribution in [1.29, 1.82) is 0 Å². The van der Waals surface area contributed by atoms with Gasteiger partial charge in [0.25, 0.3) is 5.91 Å². The number of carbonyl (C=O) groups excluding carboxylic acids is 3. The Bertz CT molecular complexity index is 1320. The Labute approximate surface area is 208 Å². The number of nitrogens with zero attached hydrogens (tertiary/aromatic N) is 5. The summed E-state index contributed by atoms with van der Waals surface area (Å²) in [5.41, 5.74) is 2.89. The number of ether oxygens (including phenoxy) is 2. The van der Waals surface area contributed by atoms with E-state index in [0.29, 0.717) is 42.9 Å². The van der Waals surface area contributed by atoms with Crippen molar-refractivity contribution >= 4 is 29.2 Å². The lowest BCUT2D eigenvalue weighted by Gasteiger charge is -2.29. The van der Waals surface area contributed by atoms with E-state index >= 15 is 0 Å². The van der Waals surface area contributed by atoms with Gasteiger partial charge < -0.3 is 19.3 Å². The highest BCUT2D eigenvalue weighted by molar-refractivity contribution is 6.09. The van der Waals surface area contributed by atoms with Crippen LogP contribution in [0.5, 0.6) is 5.88 Å². The second-order valence-corrected chi connectivity index (χ2v) is 8.57. The maximum Gasteiger partial charge on any atom is 0.359 e. The van der Waals surface area contributed by atoms with E-state index in [0.717, 1.165) is 18.5 Å². The number of esters is 1. The van der Waals surface area contributed by atoms with Crippen molar-refractivity contribution in [2.75, 3.05) is 36.6 Å². The van der Waals surface area contributed by atoms with Crippen molar-refractivity contribution in [2.45, 2.75) is 32.6 Å². The fourth-order valence-corrected chi connectivity index (χ4v) is 4.74. The monoisotopic (exact) mass is 489 g/mol. The molecule has 1 fully saturated rings. The first-order valence-corrected chi connectivity index (χ1v) is 12.0. The minimum absolute atomic E-state index is 0.115. The number of hydrogen-bond acceptors (Lipinski definition) is 7. The van der Waals surface area contributed by atoms with Gasteiger partial charge in [-0.2, -0.15) is 5.10 Å². The van der Waals surface area contributed by atoms with E-state index in [-0.39, 0.29) is 35.7 Å². The molecule has 0 atom stereocenters. The Balaban J connectivity index is 1.53. The molecule has 3 aromatic rings. The van der Waals surface area contributed by atoms with Crippen LogP contribution in [0, 0.1) is 0 Å². The van der Waals surface area contributed by atoms with Crippen LogP contribution in [0.1, 0.15) is 52.7 Å². The number of aromatic nitrogens is 3. The molecule has 0 radical (unpaired) electrons. The van der Waals surface area contributed by atoms with Crippen LogP contribution in [-0.4, -0.2) is 59.4 Å². The molecule has 0 aliphatic carbocycles. The lowest BCUT2D eigenvalue weighted by atomic mass is 10.0. The molecule has 0 unspecified atom stereocenters. The summed E-state index contributed by atoms with van der Waals surface area (Å²) < 4.78 is 12.0. The fourth-order valence-electron chi connectivity index (χ4n) is 4.74. The summed E-state index contributed by atoms with van der Waals surface area (Å²) in [5, 5.41) is 4.48. The molecule has 1 aromatic carbocycles. The van der Waals surface area contributed by atoms with Gasteiger partial charge in [-0.15, -0.1) is 0 Å². The number of benzene rings is 1. The van der Waals surface area contributed by atoms with Gasteiger partial charge in [0.15, 0.2) is 5.69 Å². The first-order chi connectivity index (χ1) is 17.5. The van der Waals surface area contributed by atoms with Crippen LogP contribution in [-0.2, 0) is 16.0 Å². The standard InChI is InChI=1S/C26H27N5O5/c1-3-36-26(34)22-19-13-16-30(18-11-9-17(10-12-18)29-15-5-4-8-21(29)32)25(33)23(19)31(28-22)20-7-6-14-27-24(20)35-2/h6-7,9-12,14H,3-5,8,13,15-16H2,1-2H3. The van der Waals surface area contributed by atoms with Gasteiger partial charge in [0.05, 0.1) is 13.7 Å². The molecule has 1 saturated heterocycles. The largest absolute Gasteiger partial charge is 0.479 e. The number of amides is 2. The van der Waals surface area contributed by atoms with Gasteiger partial charge in [-0.05, 0) is 62.6 Å². The lowest BCUT2D eigenvalue weighted by Crippen LogP contribution is -2.39. The maximum absolute atomic E-state index is 13.8. The maximum atomic E-state index is 13.8. The molecule has 2 aromatic heterocycles. The molecule has 5 rings (SSSR count). The Morgan fingerprint density at radius 3 is 2.44 bits per heavy atom. The summed E-state index contributed by atoms with van der Waals surface area (Å²) >= 11 is 0. The number of anilines is 2. The quantitative estimate of drug-likeness (QED) is 0.490. The van der Waals surface area contributed by atoms with E-state index in [1.54, 1.807) is 35.1 Å². The van der Waals surface area contributed by atoms with E-state index in [9.17, 15) is 14.4 Å². The van der Waals surface area contributed by atoms with Gasteiger partial charge in [-0.1, -0.05) is 0 Å². The van der Waals surface area contributed by atoms with Crippen LogP contribution in [0.2, 0.25) is 0 Å². The smallest absolute Gasteiger partial charge is 0.359 e. The number of hydrogen-bond donors (Lipinski definition) is 0. The molecule has 0 N–H and O–H groups in total. The second kappa shape index (κ2) is 9.80. The van der Waals surface area contributed by atoms with Crippen LogP contribution in [0.3, 0.4) is 0 Å². The van der Waals surface area contributed by atoms with E-state index < -0.39 is 5.97 Å². The molecule has 0 bridgehead atoms. The highest BCUT2D eigenvalue weighted by Gasteiger charge is 2.36. The molecule has 2 amide bonds. The topological polar surface area (TPSA) is 107 Å². The number of rotatable bonds is 6. The lowest BCUT2D eigenvalue weighted by molar-refractivity contribution is -0.119. The number of carbonyl (C=O) groups is 3. The van der Waals surface area contributed by atoms with Crippen molar-refractivity contribution < 1.29 is 23.9 Å². The van der Waals surface area contributed by atoms with Crippen LogP contribution in [0.25, 0.3) is 5.69 Å². The summed E-state index contributed by atoms with van der Waals surface area (Å²) in [6.45, 7) is 2.99. The SMILES string of the molecule is CCOC(=O)c1nn(-c2cccnc2OC)c2c1CCN(c1ccc(N3CCCCC3=O)cc1)C2=O. The average molecular weight is 490 g/mol. The molecular formula is C26H27N5O5. The second-order valence-electron chi connectivity index (χ2n) is 8.57. The molecule has 10 nitrogen and oxygen atoms in total. The minimum atomic E-state index is -0.577. The van der Waals surface area contributed by atoms with Gasteiger partial charge >= 0.3 is 5.97 Å². The third-order valence-corrected chi connectivity index (χ3v) is 6.45. The first-order valence-electron chi connectivity index (χ1n) is 12.0. The Morgan fingerprint density at radius 1 is 1.00 bits per heavy atom. The van der Waals surface area contributed by atoms with Crippen molar-refractivity contribution in [3.8, 4) is 11.6 Å². The first kappa shape index (κ1) is 23.5. The van der Waals surface area contributed by atoms with Crippen LogP contribution in [0.4, 0.5) is 11.4 Å². The molecule has 186 valence electrons. The van der Waals surface area contributed by atoms with Crippen LogP contribution >= 0.6 is 0 Å². The number of methoxy groups -OCH3 is 1. The summed E-state index contributed by atoms with van der Waals surface area (Å²) in [5.74, 6) is -0.480. The summed E-state index contributed by atoms with van der Waals surface area (Å²) in [6.07, 6.45) is 4.45. The minimum Gasteiger partial charge on any atom is -0.479 e. The van der Waals surface area contributed by atoms with Gasteiger partial charge in [-0.3, -0.25) is 9.59 Å². The number of pyridine rings is 1. The molecule has 10 heteroatoms. The van der Waals surface area contributed by atoms with Gasteiger partial charge in [-0.25, -0.2) is 14.5 Å². The van der Waals surface area contributed by atoms with E-state index in [1.807, 2.05) is 24.3 Å². The van der Waals surface area contributed by atoms with Crippen LogP contribution in [0.15, 0.2) is 42.6 Å². The molecule has 36 heavy (non-hydrogen) atoms. The van der Waals surface area contributed by atoms with E-state index in [4.69, 9.17) is 9.47 Å². The zero-order valence-corrected chi connectivity index (χ0v) is 20.3. The van der Waals surface area contributed by atoms with Gasteiger partial charge in [0, 0.05) is 42.6 Å². The highest BCUT2D eigenvalue weighted by Crippen LogP contribution is 2.32. The Kier molecular flexibility index (Phi) is 6.41. The zero-order valence-electron chi connectivity index (χ0n) is 20.3. The third-order valence-electron chi connectivity index (χ3n) is 6.45. The van der Waals surface area contributed by atoms with E-state index in [1.165, 1.54) is 11.8 Å². The molecular weight excluding hydrogens is 462 g/mol. The van der Waals surface area contributed by atoms with Crippen molar-refractivity contribution in [1.82, 2.24) is 14.8 Å². The molecule has 2 aliphatic heterocycles. The molecule has 2 aliphatic rings.